The third-order valence-corrected chi connectivity index (χ3v) is 3.01. The smallest absolute Gasteiger partial charge is 0.475 e. The number of carboxylic acids is 1. The van der Waals surface area contributed by atoms with E-state index in [4.69, 9.17) is 25.1 Å². The van der Waals surface area contributed by atoms with Gasteiger partial charge in [-0.05, 0) is 60.9 Å². The van der Waals surface area contributed by atoms with Crippen molar-refractivity contribution in [2.45, 2.75) is 90.6 Å². The summed E-state index contributed by atoms with van der Waals surface area (Å²) < 4.78 is 42.1. The molecule has 0 aromatic carbocycles. The third-order valence-electron chi connectivity index (χ3n) is 3.01. The van der Waals surface area contributed by atoms with Crippen LogP contribution in [0.15, 0.2) is 0 Å². The quantitative estimate of drug-likeness (QED) is 0.471. The molecule has 0 saturated heterocycles. The van der Waals surface area contributed by atoms with Crippen LogP contribution in [0.3, 0.4) is 0 Å². The Labute approximate surface area is 179 Å². The van der Waals surface area contributed by atoms with Crippen molar-refractivity contribution in [2.75, 3.05) is 6.54 Å². The summed E-state index contributed by atoms with van der Waals surface area (Å²) in [5, 5.41) is 9.67. The average Bonchev–Trinajstić information content (AvgIpc) is 2.52. The normalized spacial score (nSPS) is 12.7. The predicted molar refractivity (Wildman–Crippen MR) is 105 cm³/mol. The van der Waals surface area contributed by atoms with Crippen LogP contribution in [0, 0.1) is 0 Å². The minimum absolute atomic E-state index is 0.0338. The van der Waals surface area contributed by atoms with E-state index in [0.717, 1.165) is 0 Å². The highest BCUT2D eigenvalue weighted by molar-refractivity contribution is 5.88. The number of Topliss-reactive ketones (excluding diaryl/α,β-unsaturated/α-hetero) is 1. The Balaban J connectivity index is 0. The van der Waals surface area contributed by atoms with Crippen LogP contribution in [-0.4, -0.2) is 58.9 Å². The Kier molecular flexibility index (Phi) is 13.1. The molecule has 12 heteroatoms. The zero-order valence-corrected chi connectivity index (χ0v) is 18.7. The van der Waals surface area contributed by atoms with E-state index in [1.54, 1.807) is 41.5 Å². The first kappa shape index (κ1) is 30.8. The second kappa shape index (κ2) is 13.1. The van der Waals surface area contributed by atoms with Gasteiger partial charge in [0.15, 0.2) is 5.78 Å². The number of amides is 1. The van der Waals surface area contributed by atoms with Crippen molar-refractivity contribution < 1.29 is 46.9 Å². The summed E-state index contributed by atoms with van der Waals surface area (Å²) in [6.07, 6.45) is -4.80. The highest BCUT2D eigenvalue weighted by atomic mass is 19.4. The molecule has 4 N–H and O–H groups in total. The number of nitrogens with one attached hydrogen (secondary N) is 1. The molecule has 0 aliphatic carbocycles. The van der Waals surface area contributed by atoms with E-state index in [1.165, 1.54) is 0 Å². The third kappa shape index (κ3) is 19.3. The van der Waals surface area contributed by atoms with Crippen molar-refractivity contribution in [3.05, 3.63) is 0 Å². The molecule has 0 aromatic heterocycles. The fraction of sp³-hybridized carbons (Fsp3) is 0.789. The van der Waals surface area contributed by atoms with Crippen molar-refractivity contribution in [1.82, 2.24) is 5.32 Å². The first-order valence-electron chi connectivity index (χ1n) is 9.52. The Morgan fingerprint density at radius 1 is 0.935 bits per heavy atom. The molecule has 0 bridgehead atoms. The molecule has 0 spiro atoms. The molecule has 1 atom stereocenters. The van der Waals surface area contributed by atoms with Gasteiger partial charge in [0, 0.05) is 12.8 Å². The van der Waals surface area contributed by atoms with E-state index in [0.29, 0.717) is 13.0 Å². The molecule has 0 aliphatic rings. The number of hydrogen-bond acceptors (Lipinski definition) is 7. The van der Waals surface area contributed by atoms with Crippen LogP contribution in [0.4, 0.5) is 18.0 Å². The zero-order chi connectivity index (χ0) is 25.0. The SMILES string of the molecule is CC(C)(C)OC(=O)CC[C@@H](NC(=O)OC(C)(C)C)C(=O)CCCN.O=C(O)C(F)(F)F. The molecule has 31 heavy (non-hydrogen) atoms. The fourth-order valence-electron chi connectivity index (χ4n) is 1.87. The summed E-state index contributed by atoms with van der Waals surface area (Å²) in [6.45, 7) is 10.9. The molecule has 0 aromatic rings. The maximum atomic E-state index is 12.2. The number of esters is 1. The molecule has 0 saturated carbocycles. The molecule has 1 amide bonds. The average molecular weight is 458 g/mol. The molecule has 182 valence electrons. The maximum absolute atomic E-state index is 12.2. The lowest BCUT2D eigenvalue weighted by Gasteiger charge is -2.24. The Morgan fingerprint density at radius 3 is 1.74 bits per heavy atom. The van der Waals surface area contributed by atoms with E-state index in [-0.39, 0.29) is 25.0 Å². The van der Waals surface area contributed by atoms with Crippen molar-refractivity contribution >= 4 is 23.8 Å². The van der Waals surface area contributed by atoms with Gasteiger partial charge in [0.25, 0.3) is 0 Å². The molecule has 0 radical (unpaired) electrons. The van der Waals surface area contributed by atoms with Crippen LogP contribution >= 0.6 is 0 Å². The van der Waals surface area contributed by atoms with E-state index in [9.17, 15) is 27.6 Å². The van der Waals surface area contributed by atoms with Gasteiger partial charge in [-0.2, -0.15) is 13.2 Å². The second-order valence-corrected chi connectivity index (χ2v) is 8.49. The number of alkyl carbamates (subject to hydrolysis) is 1. The lowest BCUT2D eigenvalue weighted by molar-refractivity contribution is -0.192. The number of carbonyl (C=O) groups excluding carboxylic acids is 3. The molecule has 0 aliphatic heterocycles. The van der Waals surface area contributed by atoms with Crippen molar-refractivity contribution in [3.8, 4) is 0 Å². The molecule has 0 unspecified atom stereocenters. The number of carbonyl (C=O) groups is 4. The van der Waals surface area contributed by atoms with E-state index in [2.05, 4.69) is 5.32 Å². The molecule has 0 heterocycles. The molecular formula is C19H33F3N2O7. The number of hydrogen-bond donors (Lipinski definition) is 3. The van der Waals surface area contributed by atoms with Crippen LogP contribution in [0.25, 0.3) is 0 Å². The van der Waals surface area contributed by atoms with Crippen molar-refractivity contribution in [2.24, 2.45) is 5.73 Å². The number of ether oxygens (including phenoxy) is 2. The topological polar surface area (TPSA) is 145 Å². The summed E-state index contributed by atoms with van der Waals surface area (Å²) in [7, 11) is 0. The first-order valence-corrected chi connectivity index (χ1v) is 9.52. The zero-order valence-electron chi connectivity index (χ0n) is 18.7. The van der Waals surface area contributed by atoms with E-state index < -0.39 is 41.5 Å². The summed E-state index contributed by atoms with van der Waals surface area (Å²) >= 11 is 0. The minimum atomic E-state index is -5.08. The van der Waals surface area contributed by atoms with Gasteiger partial charge in [0.1, 0.15) is 11.2 Å². The summed E-state index contributed by atoms with van der Waals surface area (Å²) in [4.78, 5) is 44.8. The second-order valence-electron chi connectivity index (χ2n) is 8.49. The van der Waals surface area contributed by atoms with Gasteiger partial charge in [-0.1, -0.05) is 0 Å². The monoisotopic (exact) mass is 458 g/mol. The summed E-state index contributed by atoms with van der Waals surface area (Å²) in [6, 6.07) is -0.793. The number of alkyl halides is 3. The van der Waals surface area contributed by atoms with E-state index in [1.807, 2.05) is 0 Å². The number of ketones is 1. The molecule has 0 fully saturated rings. The Hall–Kier alpha value is -2.37. The van der Waals surface area contributed by atoms with Crippen LogP contribution in [0.2, 0.25) is 0 Å². The largest absolute Gasteiger partial charge is 0.490 e. The molecular weight excluding hydrogens is 425 g/mol. The van der Waals surface area contributed by atoms with Gasteiger partial charge in [-0.15, -0.1) is 0 Å². The van der Waals surface area contributed by atoms with Crippen LogP contribution in [-0.2, 0) is 23.9 Å². The maximum Gasteiger partial charge on any atom is 0.490 e. The van der Waals surface area contributed by atoms with Gasteiger partial charge in [0.05, 0.1) is 6.04 Å². The van der Waals surface area contributed by atoms with Crippen molar-refractivity contribution in [1.29, 1.82) is 0 Å². The van der Waals surface area contributed by atoms with Crippen LogP contribution < -0.4 is 11.1 Å². The van der Waals surface area contributed by atoms with E-state index >= 15 is 0 Å². The molecule has 9 nitrogen and oxygen atoms in total. The summed E-state index contributed by atoms with van der Waals surface area (Å²) in [5.74, 6) is -3.34. The highest BCUT2D eigenvalue weighted by Crippen LogP contribution is 2.13. The fourth-order valence-corrected chi connectivity index (χ4v) is 1.87. The Bertz CT molecular complexity index is 609. The number of halogens is 3. The lowest BCUT2D eigenvalue weighted by Crippen LogP contribution is -2.44. The summed E-state index contributed by atoms with van der Waals surface area (Å²) in [5.41, 5.74) is 4.16. The van der Waals surface area contributed by atoms with Crippen molar-refractivity contribution in [3.63, 3.8) is 0 Å². The number of nitrogens with two attached hydrogens (primary N) is 1. The minimum Gasteiger partial charge on any atom is -0.475 e. The van der Waals surface area contributed by atoms with Gasteiger partial charge in [-0.25, -0.2) is 9.59 Å². The van der Waals surface area contributed by atoms with Gasteiger partial charge in [0.2, 0.25) is 0 Å². The lowest BCUT2D eigenvalue weighted by atomic mass is 10.0. The number of rotatable bonds is 8. The van der Waals surface area contributed by atoms with Gasteiger partial charge < -0.3 is 25.6 Å². The van der Waals surface area contributed by atoms with Gasteiger partial charge in [-0.3, -0.25) is 9.59 Å². The molecule has 0 rings (SSSR count). The van der Waals surface area contributed by atoms with Crippen LogP contribution in [0.5, 0.6) is 0 Å². The highest BCUT2D eigenvalue weighted by Gasteiger charge is 2.38. The number of aliphatic carboxylic acids is 1. The standard InChI is InChI=1S/C17H32N2O5.C2HF3O2/c1-16(2,3)23-14(21)10-9-12(13(20)8-7-11-18)19-15(22)24-17(4,5)6;3-2(4,5)1(6)7/h12H,7-11,18H2,1-6H3,(H,19,22);(H,6,7)/t12-;/m1./s1. The number of carboxylic acid groups (broad SMARTS) is 1. The van der Waals surface area contributed by atoms with Crippen LogP contribution in [0.1, 0.15) is 67.2 Å². The first-order chi connectivity index (χ1) is 13.8. The van der Waals surface area contributed by atoms with Gasteiger partial charge >= 0.3 is 24.2 Å². The Morgan fingerprint density at radius 2 is 1.39 bits per heavy atom. The predicted octanol–water partition coefficient (Wildman–Crippen LogP) is 2.94.